The zero-order valence-electron chi connectivity index (χ0n) is 11.9. The summed E-state index contributed by atoms with van der Waals surface area (Å²) in [5, 5.41) is 5.69. The summed E-state index contributed by atoms with van der Waals surface area (Å²) in [6.07, 6.45) is -0.132. The molecule has 0 aliphatic rings. The van der Waals surface area contributed by atoms with Gasteiger partial charge in [0, 0.05) is 5.69 Å². The zero-order chi connectivity index (χ0) is 16.8. The average Bonchev–Trinajstić information content (AvgIpc) is 2.51. The number of hydrogen-bond donors (Lipinski definition) is 2. The van der Waals surface area contributed by atoms with Gasteiger partial charge in [-0.25, -0.2) is 4.39 Å². The molecule has 2 rings (SSSR count). The van der Waals surface area contributed by atoms with Crippen molar-refractivity contribution >= 4 is 40.7 Å². The SMILES string of the molecule is O=C(Cc1ccccc1F)NCC(=O)Nc1ccc(Cl)c(Cl)c1. The topological polar surface area (TPSA) is 58.2 Å². The van der Waals surface area contributed by atoms with Gasteiger partial charge in [0.05, 0.1) is 23.0 Å². The van der Waals surface area contributed by atoms with E-state index >= 15 is 0 Å². The highest BCUT2D eigenvalue weighted by Crippen LogP contribution is 2.24. The van der Waals surface area contributed by atoms with Crippen LogP contribution in [0.15, 0.2) is 42.5 Å². The lowest BCUT2D eigenvalue weighted by atomic mass is 10.1. The van der Waals surface area contributed by atoms with Gasteiger partial charge in [0.25, 0.3) is 0 Å². The molecule has 0 unspecified atom stereocenters. The van der Waals surface area contributed by atoms with Crippen molar-refractivity contribution in [3.63, 3.8) is 0 Å². The van der Waals surface area contributed by atoms with Gasteiger partial charge in [-0.2, -0.15) is 0 Å². The zero-order valence-corrected chi connectivity index (χ0v) is 13.4. The number of hydrogen-bond acceptors (Lipinski definition) is 2. The number of nitrogens with one attached hydrogen (secondary N) is 2. The molecule has 0 heterocycles. The lowest BCUT2D eigenvalue weighted by molar-refractivity contribution is -0.123. The van der Waals surface area contributed by atoms with E-state index in [-0.39, 0.29) is 18.5 Å². The van der Waals surface area contributed by atoms with Crippen molar-refractivity contribution in [1.29, 1.82) is 0 Å². The average molecular weight is 355 g/mol. The molecule has 120 valence electrons. The first-order valence-corrected chi connectivity index (χ1v) is 7.46. The van der Waals surface area contributed by atoms with Crippen molar-refractivity contribution in [2.45, 2.75) is 6.42 Å². The molecule has 2 amide bonds. The van der Waals surface area contributed by atoms with Gasteiger partial charge in [-0.05, 0) is 29.8 Å². The second-order valence-electron chi connectivity index (χ2n) is 4.72. The Kier molecular flexibility index (Phi) is 5.96. The summed E-state index contributed by atoms with van der Waals surface area (Å²) in [6, 6.07) is 10.6. The summed E-state index contributed by atoms with van der Waals surface area (Å²) in [5.41, 5.74) is 0.739. The highest BCUT2D eigenvalue weighted by molar-refractivity contribution is 6.42. The highest BCUT2D eigenvalue weighted by atomic mass is 35.5. The van der Waals surface area contributed by atoms with Crippen LogP contribution >= 0.6 is 23.2 Å². The van der Waals surface area contributed by atoms with Gasteiger partial charge >= 0.3 is 0 Å². The molecule has 0 atom stereocenters. The van der Waals surface area contributed by atoms with Crippen molar-refractivity contribution in [2.24, 2.45) is 0 Å². The first-order valence-electron chi connectivity index (χ1n) is 6.70. The molecular weight excluding hydrogens is 342 g/mol. The van der Waals surface area contributed by atoms with E-state index in [1.807, 2.05) is 0 Å². The van der Waals surface area contributed by atoms with Crippen molar-refractivity contribution in [3.05, 3.63) is 63.9 Å². The summed E-state index contributed by atoms with van der Waals surface area (Å²) in [4.78, 5) is 23.5. The molecule has 0 saturated carbocycles. The van der Waals surface area contributed by atoms with E-state index in [1.165, 1.54) is 18.2 Å². The molecule has 0 spiro atoms. The van der Waals surface area contributed by atoms with Crippen LogP contribution < -0.4 is 10.6 Å². The molecule has 0 aliphatic carbocycles. The van der Waals surface area contributed by atoms with Crippen LogP contribution in [0.3, 0.4) is 0 Å². The molecule has 23 heavy (non-hydrogen) atoms. The van der Waals surface area contributed by atoms with Crippen LogP contribution in [0.4, 0.5) is 10.1 Å². The van der Waals surface area contributed by atoms with Gasteiger partial charge in [-0.3, -0.25) is 9.59 Å². The molecule has 0 aliphatic heterocycles. The van der Waals surface area contributed by atoms with Crippen molar-refractivity contribution in [2.75, 3.05) is 11.9 Å². The summed E-state index contributed by atoms with van der Waals surface area (Å²) >= 11 is 11.6. The van der Waals surface area contributed by atoms with Gasteiger partial charge in [0.15, 0.2) is 0 Å². The number of carbonyl (C=O) groups is 2. The van der Waals surface area contributed by atoms with Crippen LogP contribution in [0, 0.1) is 5.82 Å². The van der Waals surface area contributed by atoms with E-state index in [0.29, 0.717) is 15.7 Å². The number of anilines is 1. The van der Waals surface area contributed by atoms with Crippen molar-refractivity contribution in [3.8, 4) is 0 Å². The Morgan fingerprint density at radius 2 is 1.74 bits per heavy atom. The highest BCUT2D eigenvalue weighted by Gasteiger charge is 2.10. The van der Waals surface area contributed by atoms with Gasteiger partial charge in [0.1, 0.15) is 5.82 Å². The first-order chi connectivity index (χ1) is 11.0. The van der Waals surface area contributed by atoms with Crippen LogP contribution in [-0.4, -0.2) is 18.4 Å². The largest absolute Gasteiger partial charge is 0.347 e. The molecule has 0 aromatic heterocycles. The Morgan fingerprint density at radius 3 is 2.43 bits per heavy atom. The van der Waals surface area contributed by atoms with E-state index in [0.717, 1.165) is 0 Å². The van der Waals surface area contributed by atoms with E-state index in [1.54, 1.807) is 24.3 Å². The molecule has 4 nitrogen and oxygen atoms in total. The van der Waals surface area contributed by atoms with Gasteiger partial charge in [-0.15, -0.1) is 0 Å². The molecule has 0 bridgehead atoms. The second-order valence-corrected chi connectivity index (χ2v) is 5.54. The Hall–Kier alpha value is -2.11. The van der Waals surface area contributed by atoms with Crippen LogP contribution in [0.25, 0.3) is 0 Å². The number of amides is 2. The fourth-order valence-electron chi connectivity index (χ4n) is 1.84. The summed E-state index contributed by atoms with van der Waals surface area (Å²) in [5.74, 6) is -1.33. The van der Waals surface area contributed by atoms with Crippen LogP contribution in [-0.2, 0) is 16.0 Å². The lowest BCUT2D eigenvalue weighted by Crippen LogP contribution is -2.33. The van der Waals surface area contributed by atoms with E-state index in [4.69, 9.17) is 23.2 Å². The Bertz CT molecular complexity index is 738. The minimum absolute atomic E-state index is 0.132. The van der Waals surface area contributed by atoms with Gasteiger partial charge in [0.2, 0.25) is 11.8 Å². The normalized spacial score (nSPS) is 10.2. The predicted octanol–water partition coefficient (Wildman–Crippen LogP) is 3.43. The predicted molar refractivity (Wildman–Crippen MR) is 88.2 cm³/mol. The van der Waals surface area contributed by atoms with Crippen molar-refractivity contribution in [1.82, 2.24) is 5.32 Å². The lowest BCUT2D eigenvalue weighted by Gasteiger charge is -2.08. The van der Waals surface area contributed by atoms with Crippen LogP contribution in [0.2, 0.25) is 10.0 Å². The minimum atomic E-state index is -0.456. The smallest absolute Gasteiger partial charge is 0.243 e. The Balaban J connectivity index is 1.83. The maximum absolute atomic E-state index is 13.4. The molecule has 2 aromatic rings. The summed E-state index contributed by atoms with van der Waals surface area (Å²) in [6.45, 7) is -0.229. The molecular formula is C16H13Cl2FN2O2. The van der Waals surface area contributed by atoms with Crippen molar-refractivity contribution < 1.29 is 14.0 Å². The van der Waals surface area contributed by atoms with Gasteiger partial charge < -0.3 is 10.6 Å². The Labute approximate surface area is 142 Å². The number of halogens is 3. The van der Waals surface area contributed by atoms with Gasteiger partial charge in [-0.1, -0.05) is 41.4 Å². The third-order valence-electron chi connectivity index (χ3n) is 2.96. The third-order valence-corrected chi connectivity index (χ3v) is 3.70. The Morgan fingerprint density at radius 1 is 1.00 bits per heavy atom. The van der Waals surface area contributed by atoms with E-state index in [2.05, 4.69) is 10.6 Å². The monoisotopic (exact) mass is 354 g/mol. The number of carbonyl (C=O) groups excluding carboxylic acids is 2. The van der Waals surface area contributed by atoms with E-state index in [9.17, 15) is 14.0 Å². The quantitative estimate of drug-likeness (QED) is 0.863. The molecule has 0 radical (unpaired) electrons. The van der Waals surface area contributed by atoms with E-state index < -0.39 is 17.6 Å². The summed E-state index contributed by atoms with van der Waals surface area (Å²) < 4.78 is 13.4. The molecule has 2 N–H and O–H groups in total. The fourth-order valence-corrected chi connectivity index (χ4v) is 2.13. The van der Waals surface area contributed by atoms with Crippen LogP contribution in [0.1, 0.15) is 5.56 Å². The number of benzene rings is 2. The minimum Gasteiger partial charge on any atom is -0.347 e. The maximum Gasteiger partial charge on any atom is 0.243 e. The third kappa shape index (κ3) is 5.23. The maximum atomic E-state index is 13.4. The molecule has 7 heteroatoms. The first kappa shape index (κ1) is 17.2. The standard InChI is InChI=1S/C16H13Cl2FN2O2/c17-12-6-5-11(8-13(12)18)21-16(23)9-20-15(22)7-10-3-1-2-4-14(10)19/h1-6,8H,7,9H2,(H,20,22)(H,21,23). The second kappa shape index (κ2) is 7.94. The fraction of sp³-hybridized carbons (Fsp3) is 0.125. The molecule has 0 saturated heterocycles. The summed E-state index contributed by atoms with van der Waals surface area (Å²) in [7, 11) is 0. The molecule has 0 fully saturated rings. The van der Waals surface area contributed by atoms with Crippen LogP contribution in [0.5, 0.6) is 0 Å². The molecule has 2 aromatic carbocycles. The number of rotatable bonds is 5.